The minimum absolute atomic E-state index is 0.195. The van der Waals surface area contributed by atoms with Crippen LogP contribution in [0.15, 0.2) is 35.3 Å². The average molecular weight is 329 g/mol. The van der Waals surface area contributed by atoms with Gasteiger partial charge in [0.25, 0.3) is 11.5 Å². The highest BCUT2D eigenvalue weighted by molar-refractivity contribution is 7.16. The number of thiazole rings is 1. The third-order valence-electron chi connectivity index (χ3n) is 3.42. The second-order valence-corrected chi connectivity index (χ2v) is 6.27. The van der Waals surface area contributed by atoms with E-state index in [0.717, 1.165) is 4.88 Å². The molecule has 0 aliphatic rings. The van der Waals surface area contributed by atoms with Crippen molar-refractivity contribution in [3.8, 4) is 5.75 Å². The molecular formula is C16H15N3O3S. The molecule has 0 aliphatic carbocycles. The molecule has 0 fully saturated rings. The predicted molar refractivity (Wildman–Crippen MR) is 89.8 cm³/mol. The first kappa shape index (κ1) is 15.2. The molecule has 3 aromatic rings. The number of aryl methyl sites for hydroxylation is 2. The fraction of sp³-hybridized carbons (Fsp3) is 0.188. The number of methoxy groups -OCH3 is 1. The number of carbonyl (C=O) groups excluding carboxylic acids is 1. The maximum atomic E-state index is 12.5. The van der Waals surface area contributed by atoms with Gasteiger partial charge in [-0.05, 0) is 38.1 Å². The molecule has 0 atom stereocenters. The third-order valence-corrected chi connectivity index (χ3v) is 4.32. The number of rotatable bonds is 3. The lowest BCUT2D eigenvalue weighted by Crippen LogP contribution is -2.24. The van der Waals surface area contributed by atoms with Crippen molar-refractivity contribution < 1.29 is 9.53 Å². The SMILES string of the molecule is COc1ccc(C(=O)Nc2c(C)nc3sc(C)cn3c2=O)cc1. The highest BCUT2D eigenvalue weighted by atomic mass is 32.1. The summed E-state index contributed by atoms with van der Waals surface area (Å²) in [5.41, 5.74) is 0.856. The quantitative estimate of drug-likeness (QED) is 0.802. The fourth-order valence-corrected chi connectivity index (χ4v) is 3.09. The van der Waals surface area contributed by atoms with E-state index in [-0.39, 0.29) is 17.2 Å². The van der Waals surface area contributed by atoms with E-state index in [2.05, 4.69) is 10.3 Å². The lowest BCUT2D eigenvalue weighted by Gasteiger charge is -2.08. The van der Waals surface area contributed by atoms with Gasteiger partial charge in [-0.25, -0.2) is 4.98 Å². The minimum atomic E-state index is -0.360. The Balaban J connectivity index is 1.96. The fourth-order valence-electron chi connectivity index (χ4n) is 2.23. The summed E-state index contributed by atoms with van der Waals surface area (Å²) >= 11 is 1.43. The molecule has 0 bridgehead atoms. The van der Waals surface area contributed by atoms with E-state index in [0.29, 0.717) is 22.0 Å². The normalized spacial score (nSPS) is 10.7. The number of aromatic nitrogens is 2. The second kappa shape index (κ2) is 5.85. The number of carbonyl (C=O) groups is 1. The van der Waals surface area contributed by atoms with E-state index in [9.17, 15) is 9.59 Å². The topological polar surface area (TPSA) is 72.7 Å². The highest BCUT2D eigenvalue weighted by Gasteiger charge is 2.15. The Bertz CT molecular complexity index is 942. The largest absolute Gasteiger partial charge is 0.497 e. The number of hydrogen-bond acceptors (Lipinski definition) is 5. The summed E-state index contributed by atoms with van der Waals surface area (Å²) in [4.78, 5) is 30.8. The molecule has 0 saturated heterocycles. The number of amides is 1. The molecule has 2 aromatic heterocycles. The van der Waals surface area contributed by atoms with E-state index in [4.69, 9.17) is 4.74 Å². The van der Waals surface area contributed by atoms with Crippen LogP contribution >= 0.6 is 11.3 Å². The van der Waals surface area contributed by atoms with Gasteiger partial charge in [-0.15, -0.1) is 11.3 Å². The highest BCUT2D eigenvalue weighted by Crippen LogP contribution is 2.17. The number of benzene rings is 1. The molecule has 0 aliphatic heterocycles. The van der Waals surface area contributed by atoms with E-state index >= 15 is 0 Å². The molecule has 0 saturated carbocycles. The van der Waals surface area contributed by atoms with Crippen molar-refractivity contribution in [3.05, 3.63) is 57.0 Å². The van der Waals surface area contributed by atoms with Crippen molar-refractivity contribution in [2.45, 2.75) is 13.8 Å². The number of nitrogens with zero attached hydrogens (tertiary/aromatic N) is 2. The molecule has 0 spiro atoms. The Labute approximate surface area is 136 Å². The van der Waals surface area contributed by atoms with Crippen LogP contribution in [0.3, 0.4) is 0 Å². The van der Waals surface area contributed by atoms with Gasteiger partial charge in [0, 0.05) is 16.6 Å². The molecule has 2 heterocycles. The van der Waals surface area contributed by atoms with Gasteiger partial charge in [0.15, 0.2) is 4.96 Å². The zero-order valence-corrected chi connectivity index (χ0v) is 13.7. The Morgan fingerprint density at radius 1 is 1.26 bits per heavy atom. The monoisotopic (exact) mass is 329 g/mol. The molecule has 7 heteroatoms. The number of hydrogen-bond donors (Lipinski definition) is 1. The van der Waals surface area contributed by atoms with Crippen LogP contribution in [-0.2, 0) is 0 Å². The van der Waals surface area contributed by atoms with Gasteiger partial charge in [0.1, 0.15) is 11.4 Å². The van der Waals surface area contributed by atoms with Crippen molar-refractivity contribution in [1.29, 1.82) is 0 Å². The lowest BCUT2D eigenvalue weighted by atomic mass is 10.2. The van der Waals surface area contributed by atoms with Crippen LogP contribution in [0.4, 0.5) is 5.69 Å². The number of fused-ring (bicyclic) bond motifs is 1. The first-order chi connectivity index (χ1) is 11.0. The standard InChI is InChI=1S/C16H15N3O3S/c1-9-8-19-15(21)13(10(2)17-16(19)23-9)18-14(20)11-4-6-12(22-3)7-5-11/h4-8H,1-3H3,(H,18,20). The summed E-state index contributed by atoms with van der Waals surface area (Å²) in [6.45, 7) is 3.61. The molecule has 0 radical (unpaired) electrons. The zero-order valence-electron chi connectivity index (χ0n) is 12.9. The van der Waals surface area contributed by atoms with Crippen molar-refractivity contribution in [1.82, 2.24) is 9.38 Å². The van der Waals surface area contributed by atoms with Crippen LogP contribution in [0.25, 0.3) is 4.96 Å². The van der Waals surface area contributed by atoms with Gasteiger partial charge in [-0.3, -0.25) is 14.0 Å². The Morgan fingerprint density at radius 2 is 1.96 bits per heavy atom. The van der Waals surface area contributed by atoms with Crippen LogP contribution in [0, 0.1) is 13.8 Å². The summed E-state index contributed by atoms with van der Waals surface area (Å²) in [6.07, 6.45) is 1.72. The van der Waals surface area contributed by atoms with Gasteiger partial charge in [0.05, 0.1) is 12.8 Å². The summed E-state index contributed by atoms with van der Waals surface area (Å²) < 4.78 is 6.52. The van der Waals surface area contributed by atoms with Crippen LogP contribution < -0.4 is 15.6 Å². The van der Waals surface area contributed by atoms with Crippen LogP contribution in [0.1, 0.15) is 20.9 Å². The van der Waals surface area contributed by atoms with Gasteiger partial charge in [-0.1, -0.05) is 0 Å². The molecule has 6 nitrogen and oxygen atoms in total. The second-order valence-electron chi connectivity index (χ2n) is 5.05. The van der Waals surface area contributed by atoms with Crippen molar-refractivity contribution in [3.63, 3.8) is 0 Å². The van der Waals surface area contributed by atoms with Crippen molar-refractivity contribution in [2.24, 2.45) is 0 Å². The van der Waals surface area contributed by atoms with Gasteiger partial charge in [0.2, 0.25) is 0 Å². The molecule has 1 amide bonds. The number of ether oxygens (including phenoxy) is 1. The molecular weight excluding hydrogens is 314 g/mol. The summed E-state index contributed by atoms with van der Waals surface area (Å²) in [5, 5.41) is 2.66. The summed E-state index contributed by atoms with van der Waals surface area (Å²) in [6, 6.07) is 6.67. The summed E-state index contributed by atoms with van der Waals surface area (Å²) in [7, 11) is 1.56. The van der Waals surface area contributed by atoms with E-state index in [1.807, 2.05) is 6.92 Å². The first-order valence-corrected chi connectivity index (χ1v) is 7.76. The van der Waals surface area contributed by atoms with E-state index in [1.54, 1.807) is 44.5 Å². The predicted octanol–water partition coefficient (Wildman–Crippen LogP) is 2.63. The van der Waals surface area contributed by atoms with Crippen LogP contribution in [0.5, 0.6) is 5.75 Å². The third kappa shape index (κ3) is 2.83. The smallest absolute Gasteiger partial charge is 0.282 e. The van der Waals surface area contributed by atoms with Gasteiger partial charge < -0.3 is 10.1 Å². The maximum Gasteiger partial charge on any atom is 0.282 e. The van der Waals surface area contributed by atoms with Crippen LogP contribution in [0.2, 0.25) is 0 Å². The van der Waals surface area contributed by atoms with Crippen molar-refractivity contribution in [2.75, 3.05) is 12.4 Å². The number of anilines is 1. The summed E-state index contributed by atoms with van der Waals surface area (Å²) in [5.74, 6) is 0.302. The Hall–Kier alpha value is -2.67. The molecule has 118 valence electrons. The minimum Gasteiger partial charge on any atom is -0.497 e. The van der Waals surface area contributed by atoms with Gasteiger partial charge >= 0.3 is 0 Å². The van der Waals surface area contributed by atoms with Crippen molar-refractivity contribution >= 4 is 27.9 Å². The van der Waals surface area contributed by atoms with Crippen LogP contribution in [-0.4, -0.2) is 22.4 Å². The molecule has 3 rings (SSSR count). The van der Waals surface area contributed by atoms with E-state index < -0.39 is 0 Å². The number of nitrogens with one attached hydrogen (secondary N) is 1. The van der Waals surface area contributed by atoms with Gasteiger partial charge in [-0.2, -0.15) is 0 Å². The average Bonchev–Trinajstić information content (AvgIpc) is 2.91. The van der Waals surface area contributed by atoms with E-state index in [1.165, 1.54) is 15.7 Å². The lowest BCUT2D eigenvalue weighted by molar-refractivity contribution is 0.102. The molecule has 1 aromatic carbocycles. The maximum absolute atomic E-state index is 12.5. The molecule has 0 unspecified atom stereocenters. The zero-order chi connectivity index (χ0) is 16.6. The Morgan fingerprint density at radius 3 is 2.61 bits per heavy atom. The molecule has 1 N–H and O–H groups in total. The first-order valence-electron chi connectivity index (χ1n) is 6.94. The molecule has 23 heavy (non-hydrogen) atoms. The Kier molecular flexibility index (Phi) is 3.87.